The number of nitrogens with zero attached hydrogens (tertiary/aromatic N) is 2. The van der Waals surface area contributed by atoms with E-state index in [-0.39, 0.29) is 12.5 Å². The second-order valence-electron chi connectivity index (χ2n) is 4.31. The maximum absolute atomic E-state index is 11.3. The van der Waals surface area contributed by atoms with E-state index in [1.54, 1.807) is 12.4 Å². The van der Waals surface area contributed by atoms with E-state index in [2.05, 4.69) is 9.98 Å². The van der Waals surface area contributed by atoms with Crippen LogP contribution in [0, 0.1) is 0 Å². The van der Waals surface area contributed by atoms with Gasteiger partial charge in [-0.15, -0.1) is 0 Å². The number of carbonyl (C=O) groups is 1. The Morgan fingerprint density at radius 1 is 1.50 bits per heavy atom. The largest absolute Gasteiger partial charge is 0.459 e. The van der Waals surface area contributed by atoms with Gasteiger partial charge in [0.15, 0.2) is 0 Å². The molecule has 1 aromatic rings. The predicted molar refractivity (Wildman–Crippen MR) is 62.5 cm³/mol. The van der Waals surface area contributed by atoms with E-state index in [4.69, 9.17) is 4.74 Å². The normalized spacial score (nSPS) is 11.7. The van der Waals surface area contributed by atoms with Gasteiger partial charge in [0, 0.05) is 12.4 Å². The van der Waals surface area contributed by atoms with Crippen molar-refractivity contribution in [3.63, 3.8) is 0 Å². The summed E-state index contributed by atoms with van der Waals surface area (Å²) in [6, 6.07) is 5.51. The molecule has 0 aromatic carbocycles. The van der Waals surface area contributed by atoms with E-state index in [0.717, 1.165) is 5.69 Å². The first kappa shape index (κ1) is 12.4. The van der Waals surface area contributed by atoms with E-state index in [9.17, 15) is 4.79 Å². The number of esters is 1. The first-order valence-electron chi connectivity index (χ1n) is 5.10. The minimum Gasteiger partial charge on any atom is -0.459 e. The molecule has 4 heteroatoms. The van der Waals surface area contributed by atoms with Gasteiger partial charge in [-0.1, -0.05) is 6.07 Å². The van der Waals surface area contributed by atoms with Crippen LogP contribution in [0.2, 0.25) is 0 Å². The standard InChI is InChI=1S/C12H16N2O2/c1-12(2,3)16-11(15)9-13-8-10-6-4-5-7-14-10/h4-8H,9H2,1-3H3/b13-8-. The predicted octanol–water partition coefficient (Wildman–Crippen LogP) is 1.84. The minimum absolute atomic E-state index is 0.0217. The van der Waals surface area contributed by atoms with Crippen molar-refractivity contribution in [2.45, 2.75) is 26.4 Å². The van der Waals surface area contributed by atoms with E-state index in [0.29, 0.717) is 0 Å². The van der Waals surface area contributed by atoms with Gasteiger partial charge in [-0.2, -0.15) is 0 Å². The molecule has 86 valence electrons. The van der Waals surface area contributed by atoms with Crippen molar-refractivity contribution in [3.8, 4) is 0 Å². The van der Waals surface area contributed by atoms with Crippen LogP contribution in [0.1, 0.15) is 26.5 Å². The summed E-state index contributed by atoms with van der Waals surface area (Å²) in [6.45, 7) is 5.50. The Morgan fingerprint density at radius 2 is 2.25 bits per heavy atom. The van der Waals surface area contributed by atoms with Gasteiger partial charge >= 0.3 is 5.97 Å². The molecule has 0 aliphatic heterocycles. The highest BCUT2D eigenvalue weighted by molar-refractivity contribution is 5.80. The Bertz CT molecular complexity index is 366. The lowest BCUT2D eigenvalue weighted by molar-refractivity contribution is -0.152. The molecule has 0 saturated carbocycles. The molecular weight excluding hydrogens is 204 g/mol. The van der Waals surface area contributed by atoms with Gasteiger partial charge in [-0.25, -0.2) is 0 Å². The second-order valence-corrected chi connectivity index (χ2v) is 4.31. The minimum atomic E-state index is -0.461. The van der Waals surface area contributed by atoms with Crippen molar-refractivity contribution in [3.05, 3.63) is 30.1 Å². The molecule has 16 heavy (non-hydrogen) atoms. The quantitative estimate of drug-likeness (QED) is 0.577. The molecule has 1 rings (SSSR count). The Kier molecular flexibility index (Phi) is 4.17. The van der Waals surface area contributed by atoms with E-state index >= 15 is 0 Å². The molecule has 0 bridgehead atoms. The van der Waals surface area contributed by atoms with Crippen molar-refractivity contribution < 1.29 is 9.53 Å². The fourth-order valence-corrected chi connectivity index (χ4v) is 1.04. The van der Waals surface area contributed by atoms with Crippen LogP contribution in [0.25, 0.3) is 0 Å². The molecule has 0 aliphatic carbocycles. The highest BCUT2D eigenvalue weighted by Gasteiger charge is 2.15. The second kappa shape index (κ2) is 5.39. The number of rotatable bonds is 3. The monoisotopic (exact) mass is 220 g/mol. The highest BCUT2D eigenvalue weighted by atomic mass is 16.6. The van der Waals surface area contributed by atoms with Gasteiger partial charge in [0.2, 0.25) is 0 Å². The third kappa shape index (κ3) is 5.24. The first-order valence-corrected chi connectivity index (χ1v) is 5.10. The number of aliphatic imine (C=N–C) groups is 1. The van der Waals surface area contributed by atoms with Crippen molar-refractivity contribution in [1.29, 1.82) is 0 Å². The third-order valence-corrected chi connectivity index (χ3v) is 1.55. The molecule has 0 N–H and O–H groups in total. The molecule has 0 unspecified atom stereocenters. The Hall–Kier alpha value is -1.71. The van der Waals surface area contributed by atoms with E-state index in [1.807, 2.05) is 39.0 Å². The average molecular weight is 220 g/mol. The van der Waals surface area contributed by atoms with Crippen LogP contribution >= 0.6 is 0 Å². The van der Waals surface area contributed by atoms with Gasteiger partial charge in [0.1, 0.15) is 12.1 Å². The molecule has 1 aromatic heterocycles. The number of ether oxygens (including phenoxy) is 1. The van der Waals surface area contributed by atoms with Crippen molar-refractivity contribution >= 4 is 12.2 Å². The number of pyridine rings is 1. The van der Waals surface area contributed by atoms with Crippen molar-refractivity contribution in [1.82, 2.24) is 4.98 Å². The summed E-state index contributed by atoms with van der Waals surface area (Å²) < 4.78 is 5.10. The Morgan fingerprint density at radius 3 is 2.81 bits per heavy atom. The van der Waals surface area contributed by atoms with E-state index < -0.39 is 5.60 Å². The Balaban J connectivity index is 2.41. The van der Waals surface area contributed by atoms with Crippen LogP contribution in [-0.4, -0.2) is 29.3 Å². The molecule has 0 radical (unpaired) electrons. The summed E-state index contributed by atoms with van der Waals surface area (Å²) in [6.07, 6.45) is 3.23. The highest BCUT2D eigenvalue weighted by Crippen LogP contribution is 2.06. The molecule has 1 heterocycles. The van der Waals surface area contributed by atoms with E-state index in [1.165, 1.54) is 0 Å². The zero-order chi connectivity index (χ0) is 12.0. The van der Waals surface area contributed by atoms with Gasteiger partial charge in [0.25, 0.3) is 0 Å². The zero-order valence-corrected chi connectivity index (χ0v) is 9.80. The SMILES string of the molecule is CC(C)(C)OC(=O)C/N=C\c1ccccn1. The molecule has 0 atom stereocenters. The molecule has 0 amide bonds. The maximum Gasteiger partial charge on any atom is 0.328 e. The number of carbonyl (C=O) groups excluding carboxylic acids is 1. The summed E-state index contributed by atoms with van der Waals surface area (Å²) in [7, 11) is 0. The van der Waals surface area contributed by atoms with Gasteiger partial charge in [0.05, 0.1) is 5.69 Å². The van der Waals surface area contributed by atoms with Crippen LogP contribution in [0.3, 0.4) is 0 Å². The summed E-state index contributed by atoms with van der Waals surface area (Å²) in [5.41, 5.74) is 0.267. The lowest BCUT2D eigenvalue weighted by Crippen LogP contribution is -2.25. The topological polar surface area (TPSA) is 51.5 Å². The molecule has 0 fully saturated rings. The average Bonchev–Trinajstić information content (AvgIpc) is 2.16. The van der Waals surface area contributed by atoms with Crippen LogP contribution in [0.4, 0.5) is 0 Å². The fraction of sp³-hybridized carbons (Fsp3) is 0.417. The zero-order valence-electron chi connectivity index (χ0n) is 9.80. The van der Waals surface area contributed by atoms with Crippen molar-refractivity contribution in [2.75, 3.05) is 6.54 Å². The van der Waals surface area contributed by atoms with Crippen LogP contribution in [0.5, 0.6) is 0 Å². The molecular formula is C12H16N2O2. The summed E-state index contributed by atoms with van der Waals surface area (Å²) in [5.74, 6) is -0.334. The smallest absolute Gasteiger partial charge is 0.328 e. The van der Waals surface area contributed by atoms with Gasteiger partial charge in [-0.05, 0) is 32.9 Å². The molecule has 4 nitrogen and oxygen atoms in total. The maximum atomic E-state index is 11.3. The summed E-state index contributed by atoms with van der Waals surface area (Å²) >= 11 is 0. The molecule has 0 spiro atoms. The first-order chi connectivity index (χ1) is 7.47. The summed E-state index contributed by atoms with van der Waals surface area (Å²) in [4.78, 5) is 19.3. The number of hydrogen-bond donors (Lipinski definition) is 0. The lowest BCUT2D eigenvalue weighted by atomic mass is 10.2. The van der Waals surface area contributed by atoms with Crippen LogP contribution in [0.15, 0.2) is 29.4 Å². The number of aromatic nitrogens is 1. The van der Waals surface area contributed by atoms with Crippen LogP contribution < -0.4 is 0 Å². The summed E-state index contributed by atoms with van der Waals surface area (Å²) in [5, 5.41) is 0. The molecule has 0 saturated heterocycles. The van der Waals surface area contributed by atoms with Gasteiger partial charge in [-0.3, -0.25) is 14.8 Å². The third-order valence-electron chi connectivity index (χ3n) is 1.55. The number of hydrogen-bond acceptors (Lipinski definition) is 4. The Labute approximate surface area is 95.4 Å². The fourth-order valence-electron chi connectivity index (χ4n) is 1.04. The van der Waals surface area contributed by atoms with Crippen molar-refractivity contribution in [2.24, 2.45) is 4.99 Å². The van der Waals surface area contributed by atoms with Crippen LogP contribution in [-0.2, 0) is 9.53 Å². The molecule has 0 aliphatic rings. The lowest BCUT2D eigenvalue weighted by Gasteiger charge is -2.18. The van der Waals surface area contributed by atoms with Gasteiger partial charge < -0.3 is 4.74 Å².